The van der Waals surface area contributed by atoms with Crippen LogP contribution in [0.5, 0.6) is 0 Å². The summed E-state index contributed by atoms with van der Waals surface area (Å²) in [5.41, 5.74) is 1.40. The second-order valence-electron chi connectivity index (χ2n) is 4.50. The molecular weight excluding hydrogens is 280 g/mol. The Hall–Kier alpha value is -2.15. The molecule has 0 aromatic heterocycles. The number of fused-ring (bicyclic) bond motifs is 3. The van der Waals surface area contributed by atoms with Gasteiger partial charge < -0.3 is 4.90 Å². The molecule has 3 rings (SSSR count). The van der Waals surface area contributed by atoms with Crippen molar-refractivity contribution in [1.29, 1.82) is 0 Å². The van der Waals surface area contributed by atoms with E-state index in [1.54, 1.807) is 17.2 Å². The smallest absolute Gasteiger partial charge is 0.270 e. The van der Waals surface area contributed by atoms with Gasteiger partial charge in [0.25, 0.3) is 11.6 Å². The van der Waals surface area contributed by atoms with E-state index in [4.69, 9.17) is 0 Å². The first-order valence-electron chi connectivity index (χ1n) is 5.96. The van der Waals surface area contributed by atoms with Crippen LogP contribution in [0.25, 0.3) is 5.70 Å². The second kappa shape index (κ2) is 4.45. The fourth-order valence-corrected chi connectivity index (χ4v) is 3.29. The minimum Gasteiger partial charge on any atom is -0.306 e. The molecule has 1 aromatic carbocycles. The van der Waals surface area contributed by atoms with Crippen LogP contribution >= 0.6 is 11.8 Å². The number of nitro groups is 1. The van der Waals surface area contributed by atoms with Gasteiger partial charge in [-0.2, -0.15) is 0 Å². The molecule has 0 radical (unpaired) electrons. The lowest BCUT2D eigenvalue weighted by atomic mass is 10.0. The van der Waals surface area contributed by atoms with E-state index in [-0.39, 0.29) is 17.4 Å². The largest absolute Gasteiger partial charge is 0.306 e. The van der Waals surface area contributed by atoms with Crippen LogP contribution in [-0.4, -0.2) is 34.3 Å². The fourth-order valence-electron chi connectivity index (χ4n) is 2.55. The normalized spacial score (nSPS) is 17.4. The lowest BCUT2D eigenvalue weighted by Gasteiger charge is -2.25. The quantitative estimate of drug-likeness (QED) is 0.615. The van der Waals surface area contributed by atoms with Gasteiger partial charge in [-0.1, -0.05) is 0 Å². The van der Waals surface area contributed by atoms with Crippen molar-refractivity contribution in [3.05, 3.63) is 44.3 Å². The molecule has 20 heavy (non-hydrogen) atoms. The molecule has 0 unspecified atom stereocenters. The average molecular weight is 290 g/mol. The Morgan fingerprint density at radius 1 is 1.30 bits per heavy atom. The number of carbonyl (C=O) groups is 2. The number of hydrogen-bond donors (Lipinski definition) is 0. The molecule has 6 nitrogen and oxygen atoms in total. The first-order chi connectivity index (χ1) is 9.54. The fraction of sp³-hybridized carbons (Fsp3) is 0.231. The molecule has 2 aliphatic heterocycles. The maximum absolute atomic E-state index is 12.3. The number of hydrogen-bond acceptors (Lipinski definition) is 5. The van der Waals surface area contributed by atoms with Crippen LogP contribution in [0.15, 0.2) is 23.1 Å². The van der Waals surface area contributed by atoms with Crippen LogP contribution in [0.3, 0.4) is 0 Å². The lowest BCUT2D eigenvalue weighted by molar-refractivity contribution is -0.384. The first kappa shape index (κ1) is 12.9. The van der Waals surface area contributed by atoms with Gasteiger partial charge in [-0.05, 0) is 12.3 Å². The number of ketones is 1. The molecule has 0 saturated heterocycles. The SMILES string of the molecule is CSC1=C2c3ccc([N+](=O)[O-])cc3C(=O)N2CCC1=O. The summed E-state index contributed by atoms with van der Waals surface area (Å²) in [6, 6.07) is 4.20. The molecule has 0 saturated carbocycles. The lowest BCUT2D eigenvalue weighted by Crippen LogP contribution is -2.31. The Balaban J connectivity index is 2.24. The van der Waals surface area contributed by atoms with Crippen molar-refractivity contribution in [2.24, 2.45) is 0 Å². The number of allylic oxidation sites excluding steroid dienone is 1. The highest BCUT2D eigenvalue weighted by Gasteiger charge is 2.39. The van der Waals surface area contributed by atoms with E-state index in [1.165, 1.54) is 23.9 Å². The summed E-state index contributed by atoms with van der Waals surface area (Å²) in [6.45, 7) is 0.333. The van der Waals surface area contributed by atoms with Crippen molar-refractivity contribution in [1.82, 2.24) is 4.90 Å². The zero-order chi connectivity index (χ0) is 14.4. The monoisotopic (exact) mass is 290 g/mol. The van der Waals surface area contributed by atoms with Gasteiger partial charge in [-0.15, -0.1) is 11.8 Å². The number of amides is 1. The standard InChI is InChI=1S/C13H10N2O4S/c1-20-12-10(16)4-5-14-11(12)8-3-2-7(15(18)19)6-9(8)13(14)17/h2-3,6H,4-5H2,1H3. The number of benzene rings is 1. The molecule has 0 atom stereocenters. The minimum atomic E-state index is -0.528. The molecule has 0 fully saturated rings. The Morgan fingerprint density at radius 3 is 2.70 bits per heavy atom. The number of Topliss-reactive ketones (excluding diaryl/α,β-unsaturated/α-hetero) is 1. The summed E-state index contributed by atoms with van der Waals surface area (Å²) < 4.78 is 0. The van der Waals surface area contributed by atoms with Gasteiger partial charge in [0.15, 0.2) is 5.78 Å². The van der Waals surface area contributed by atoms with Gasteiger partial charge >= 0.3 is 0 Å². The molecule has 0 spiro atoms. The number of non-ortho nitro benzene ring substituents is 1. The van der Waals surface area contributed by atoms with Gasteiger partial charge in [0.05, 0.1) is 21.1 Å². The van der Waals surface area contributed by atoms with Crippen LogP contribution in [0.4, 0.5) is 5.69 Å². The van der Waals surface area contributed by atoms with E-state index < -0.39 is 4.92 Å². The van der Waals surface area contributed by atoms with Crippen molar-refractivity contribution < 1.29 is 14.5 Å². The second-order valence-corrected chi connectivity index (χ2v) is 5.32. The van der Waals surface area contributed by atoms with Crippen LogP contribution in [0.1, 0.15) is 22.3 Å². The molecule has 2 aliphatic rings. The van der Waals surface area contributed by atoms with E-state index in [0.717, 1.165) is 0 Å². The molecule has 1 amide bonds. The van der Waals surface area contributed by atoms with Gasteiger partial charge in [0, 0.05) is 30.7 Å². The number of thioether (sulfide) groups is 1. The third-order valence-electron chi connectivity index (χ3n) is 3.45. The maximum atomic E-state index is 12.3. The Labute approximate surface area is 118 Å². The van der Waals surface area contributed by atoms with E-state index >= 15 is 0 Å². The number of carbonyl (C=O) groups excluding carboxylic acids is 2. The Bertz CT molecular complexity index is 696. The van der Waals surface area contributed by atoms with Crippen molar-refractivity contribution in [3.8, 4) is 0 Å². The van der Waals surface area contributed by atoms with Crippen LogP contribution in [0, 0.1) is 10.1 Å². The van der Waals surface area contributed by atoms with Crippen molar-refractivity contribution in [2.45, 2.75) is 6.42 Å². The molecule has 0 N–H and O–H groups in total. The summed E-state index contributed by atoms with van der Waals surface area (Å²) >= 11 is 1.31. The third-order valence-corrected chi connectivity index (χ3v) is 4.28. The predicted molar refractivity (Wildman–Crippen MR) is 74.2 cm³/mol. The third kappa shape index (κ3) is 1.66. The highest BCUT2D eigenvalue weighted by Crippen LogP contribution is 2.42. The molecule has 1 aromatic rings. The molecule has 0 aliphatic carbocycles. The Morgan fingerprint density at radius 2 is 2.05 bits per heavy atom. The highest BCUT2D eigenvalue weighted by molar-refractivity contribution is 8.03. The van der Waals surface area contributed by atoms with Crippen LogP contribution in [-0.2, 0) is 4.79 Å². The zero-order valence-electron chi connectivity index (χ0n) is 10.6. The Kier molecular flexibility index (Phi) is 2.86. The van der Waals surface area contributed by atoms with Crippen LogP contribution in [0.2, 0.25) is 0 Å². The number of rotatable bonds is 2. The minimum absolute atomic E-state index is 0.0164. The maximum Gasteiger partial charge on any atom is 0.270 e. The molecule has 2 heterocycles. The summed E-state index contributed by atoms with van der Waals surface area (Å²) in [5, 5.41) is 10.8. The van der Waals surface area contributed by atoms with Gasteiger partial charge in [0.1, 0.15) is 0 Å². The van der Waals surface area contributed by atoms with Crippen molar-refractivity contribution >= 4 is 34.8 Å². The molecule has 102 valence electrons. The van der Waals surface area contributed by atoms with E-state index in [9.17, 15) is 19.7 Å². The summed E-state index contributed by atoms with van der Waals surface area (Å²) in [4.78, 5) is 36.6. The summed E-state index contributed by atoms with van der Waals surface area (Å²) in [6.07, 6.45) is 2.08. The molecule has 7 heteroatoms. The van der Waals surface area contributed by atoms with Gasteiger partial charge in [0.2, 0.25) is 0 Å². The van der Waals surface area contributed by atoms with Gasteiger partial charge in [-0.3, -0.25) is 19.7 Å². The highest BCUT2D eigenvalue weighted by atomic mass is 32.2. The zero-order valence-corrected chi connectivity index (χ0v) is 11.4. The van der Waals surface area contributed by atoms with E-state index in [0.29, 0.717) is 34.7 Å². The van der Waals surface area contributed by atoms with E-state index in [2.05, 4.69) is 0 Å². The molecule has 0 bridgehead atoms. The topological polar surface area (TPSA) is 80.5 Å². The van der Waals surface area contributed by atoms with Crippen LogP contribution < -0.4 is 0 Å². The first-order valence-corrected chi connectivity index (χ1v) is 7.19. The number of nitro benzene ring substituents is 1. The summed E-state index contributed by atoms with van der Waals surface area (Å²) in [7, 11) is 0. The predicted octanol–water partition coefficient (Wildman–Crippen LogP) is 2.05. The number of nitrogens with zero attached hydrogens (tertiary/aromatic N) is 2. The van der Waals surface area contributed by atoms with Gasteiger partial charge in [-0.25, -0.2) is 0 Å². The summed E-state index contributed by atoms with van der Waals surface area (Å²) in [5.74, 6) is -0.250. The van der Waals surface area contributed by atoms with Crippen molar-refractivity contribution in [3.63, 3.8) is 0 Å². The molecular formula is C13H10N2O4S. The van der Waals surface area contributed by atoms with Crippen molar-refractivity contribution in [2.75, 3.05) is 12.8 Å². The average Bonchev–Trinajstić information content (AvgIpc) is 2.72. The van der Waals surface area contributed by atoms with E-state index in [1.807, 2.05) is 0 Å².